The van der Waals surface area contributed by atoms with Gasteiger partial charge in [-0.25, -0.2) is 0 Å². The number of carbonyl (C=O) groups excluding carboxylic acids is 1. The first-order chi connectivity index (χ1) is 8.77. The predicted octanol–water partition coefficient (Wildman–Crippen LogP) is 2.27. The van der Waals surface area contributed by atoms with Crippen LogP contribution < -0.4 is 5.32 Å². The van der Waals surface area contributed by atoms with Crippen LogP contribution in [0.1, 0.15) is 52.4 Å². The molecule has 1 aliphatic carbocycles. The lowest BCUT2D eigenvalue weighted by Gasteiger charge is -2.22. The van der Waals surface area contributed by atoms with Gasteiger partial charge in [0.25, 0.3) is 0 Å². The highest BCUT2D eigenvalue weighted by molar-refractivity contribution is 5.75. The molecule has 106 valence electrons. The third-order valence-electron chi connectivity index (χ3n) is 3.38. The molecule has 0 heterocycles. The van der Waals surface area contributed by atoms with E-state index in [4.69, 9.17) is 9.47 Å². The van der Waals surface area contributed by atoms with Gasteiger partial charge in [0.2, 0.25) is 0 Å². The number of nitrogens with one attached hydrogen (secondary N) is 1. The van der Waals surface area contributed by atoms with E-state index in [9.17, 15) is 4.79 Å². The minimum absolute atomic E-state index is 0.155. The van der Waals surface area contributed by atoms with Crippen LogP contribution in [0.15, 0.2) is 0 Å². The summed E-state index contributed by atoms with van der Waals surface area (Å²) in [4.78, 5) is 11.5. The molecule has 0 aliphatic heterocycles. The lowest BCUT2D eigenvalue weighted by Crippen LogP contribution is -2.39. The number of carbonyl (C=O) groups is 1. The van der Waals surface area contributed by atoms with E-state index < -0.39 is 0 Å². The zero-order valence-corrected chi connectivity index (χ0v) is 11.7. The molecule has 0 spiro atoms. The Balaban J connectivity index is 2.09. The topological polar surface area (TPSA) is 47.6 Å². The minimum Gasteiger partial charge on any atom is -0.465 e. The zero-order valence-electron chi connectivity index (χ0n) is 11.7. The van der Waals surface area contributed by atoms with Crippen molar-refractivity contribution >= 4 is 5.97 Å². The maximum atomic E-state index is 11.5. The number of ether oxygens (including phenoxy) is 2. The van der Waals surface area contributed by atoms with E-state index in [2.05, 4.69) is 5.32 Å². The van der Waals surface area contributed by atoms with E-state index in [0.717, 1.165) is 6.42 Å². The van der Waals surface area contributed by atoms with E-state index >= 15 is 0 Å². The van der Waals surface area contributed by atoms with Gasteiger partial charge < -0.3 is 14.8 Å². The molecule has 1 atom stereocenters. The average Bonchev–Trinajstić information content (AvgIpc) is 2.40. The van der Waals surface area contributed by atoms with E-state index in [-0.39, 0.29) is 12.0 Å². The molecule has 1 saturated carbocycles. The summed E-state index contributed by atoms with van der Waals surface area (Å²) in [6.07, 6.45) is 7.49. The molecule has 1 aliphatic rings. The lowest BCUT2D eigenvalue weighted by molar-refractivity contribution is -0.145. The lowest BCUT2D eigenvalue weighted by atomic mass is 9.98. The number of hydrogen-bond donors (Lipinski definition) is 1. The van der Waals surface area contributed by atoms with Crippen LogP contribution in [0.3, 0.4) is 0 Å². The standard InChI is InChI=1S/C14H27NO3/c1-3-13(14(16)17-4-2)15-10-11-18-12-8-6-5-7-9-12/h12-13,15H,3-11H2,1-2H3. The first-order valence-corrected chi connectivity index (χ1v) is 7.29. The van der Waals surface area contributed by atoms with Gasteiger partial charge >= 0.3 is 5.97 Å². The smallest absolute Gasteiger partial charge is 0.323 e. The van der Waals surface area contributed by atoms with Gasteiger partial charge in [-0.1, -0.05) is 26.2 Å². The summed E-state index contributed by atoms with van der Waals surface area (Å²) in [7, 11) is 0. The molecule has 0 bridgehead atoms. The van der Waals surface area contributed by atoms with Crippen molar-refractivity contribution in [3.63, 3.8) is 0 Å². The van der Waals surface area contributed by atoms with Crippen molar-refractivity contribution in [2.75, 3.05) is 19.8 Å². The molecular weight excluding hydrogens is 230 g/mol. The van der Waals surface area contributed by atoms with E-state index in [0.29, 0.717) is 25.9 Å². The van der Waals surface area contributed by atoms with E-state index in [1.807, 2.05) is 13.8 Å². The van der Waals surface area contributed by atoms with Gasteiger partial charge in [0.1, 0.15) is 6.04 Å². The van der Waals surface area contributed by atoms with Gasteiger partial charge in [0.05, 0.1) is 19.3 Å². The molecule has 0 aromatic heterocycles. The second-order valence-corrected chi connectivity index (χ2v) is 4.80. The molecule has 0 aromatic rings. The maximum absolute atomic E-state index is 11.5. The number of rotatable bonds is 8. The Morgan fingerprint density at radius 3 is 2.61 bits per heavy atom. The van der Waals surface area contributed by atoms with Crippen molar-refractivity contribution < 1.29 is 14.3 Å². The highest BCUT2D eigenvalue weighted by Crippen LogP contribution is 2.19. The fourth-order valence-corrected chi connectivity index (χ4v) is 2.33. The Bertz CT molecular complexity index is 227. The van der Waals surface area contributed by atoms with Crippen LogP contribution in [-0.2, 0) is 14.3 Å². The summed E-state index contributed by atoms with van der Waals surface area (Å²) in [5, 5.41) is 3.19. The highest BCUT2D eigenvalue weighted by Gasteiger charge is 2.17. The molecule has 0 saturated heterocycles. The molecule has 1 unspecified atom stereocenters. The third-order valence-corrected chi connectivity index (χ3v) is 3.38. The van der Waals surface area contributed by atoms with E-state index in [1.165, 1.54) is 32.1 Å². The van der Waals surface area contributed by atoms with Gasteiger partial charge in [0.15, 0.2) is 0 Å². The number of hydrogen-bond acceptors (Lipinski definition) is 4. The molecule has 4 nitrogen and oxygen atoms in total. The summed E-state index contributed by atoms with van der Waals surface area (Å²) >= 11 is 0. The van der Waals surface area contributed by atoms with Gasteiger partial charge in [0, 0.05) is 6.54 Å². The van der Waals surface area contributed by atoms with Crippen LogP contribution in [-0.4, -0.2) is 37.9 Å². The zero-order chi connectivity index (χ0) is 13.2. The predicted molar refractivity (Wildman–Crippen MR) is 71.5 cm³/mol. The summed E-state index contributed by atoms with van der Waals surface area (Å²) in [6.45, 7) is 5.65. The summed E-state index contributed by atoms with van der Waals surface area (Å²) in [5.74, 6) is -0.155. The minimum atomic E-state index is -0.195. The maximum Gasteiger partial charge on any atom is 0.323 e. The van der Waals surface area contributed by atoms with Gasteiger partial charge in [-0.2, -0.15) is 0 Å². The van der Waals surface area contributed by atoms with Gasteiger partial charge in [-0.3, -0.25) is 4.79 Å². The van der Waals surface area contributed by atoms with Gasteiger partial charge in [-0.05, 0) is 26.2 Å². The van der Waals surface area contributed by atoms with Crippen LogP contribution >= 0.6 is 0 Å². The average molecular weight is 257 g/mol. The Labute approximate surface area is 110 Å². The molecular formula is C14H27NO3. The SMILES string of the molecule is CCOC(=O)C(CC)NCCOC1CCCCC1. The quantitative estimate of drug-likeness (QED) is 0.535. The largest absolute Gasteiger partial charge is 0.465 e. The molecule has 18 heavy (non-hydrogen) atoms. The summed E-state index contributed by atoms with van der Waals surface area (Å²) in [5.41, 5.74) is 0. The van der Waals surface area contributed by atoms with Crippen molar-refractivity contribution in [2.45, 2.75) is 64.5 Å². The van der Waals surface area contributed by atoms with Crippen LogP contribution in [0.5, 0.6) is 0 Å². The fraction of sp³-hybridized carbons (Fsp3) is 0.929. The van der Waals surface area contributed by atoms with Crippen LogP contribution in [0.2, 0.25) is 0 Å². The van der Waals surface area contributed by atoms with Crippen LogP contribution in [0.4, 0.5) is 0 Å². The van der Waals surface area contributed by atoms with Crippen LogP contribution in [0, 0.1) is 0 Å². The Kier molecular flexibility index (Phi) is 8.01. The third kappa shape index (κ3) is 5.83. The van der Waals surface area contributed by atoms with Crippen molar-refractivity contribution in [3.05, 3.63) is 0 Å². The molecule has 0 radical (unpaired) electrons. The molecule has 0 aromatic carbocycles. The first kappa shape index (κ1) is 15.4. The Morgan fingerprint density at radius 2 is 2.00 bits per heavy atom. The fourth-order valence-electron chi connectivity index (χ4n) is 2.33. The summed E-state index contributed by atoms with van der Waals surface area (Å²) in [6, 6.07) is -0.195. The second kappa shape index (κ2) is 9.34. The molecule has 1 fully saturated rings. The molecule has 4 heteroatoms. The monoisotopic (exact) mass is 257 g/mol. The second-order valence-electron chi connectivity index (χ2n) is 4.80. The number of esters is 1. The highest BCUT2D eigenvalue weighted by atomic mass is 16.5. The van der Waals surface area contributed by atoms with E-state index in [1.54, 1.807) is 0 Å². The van der Waals surface area contributed by atoms with Crippen molar-refractivity contribution in [3.8, 4) is 0 Å². The molecule has 1 rings (SSSR count). The van der Waals surface area contributed by atoms with Crippen molar-refractivity contribution in [1.29, 1.82) is 0 Å². The molecule has 0 amide bonds. The summed E-state index contributed by atoms with van der Waals surface area (Å²) < 4.78 is 10.8. The Hall–Kier alpha value is -0.610. The van der Waals surface area contributed by atoms with Gasteiger partial charge in [-0.15, -0.1) is 0 Å². The molecule has 1 N–H and O–H groups in total. The Morgan fingerprint density at radius 1 is 1.28 bits per heavy atom. The normalized spacial score (nSPS) is 18.6. The van der Waals surface area contributed by atoms with Crippen LogP contribution in [0.25, 0.3) is 0 Å². The van der Waals surface area contributed by atoms with Crippen molar-refractivity contribution in [1.82, 2.24) is 5.32 Å². The first-order valence-electron chi connectivity index (χ1n) is 7.29. The van der Waals surface area contributed by atoms with Crippen molar-refractivity contribution in [2.24, 2.45) is 0 Å².